The zero-order chi connectivity index (χ0) is 27.1. The van der Waals surface area contributed by atoms with E-state index in [1.54, 1.807) is 29.2 Å². The van der Waals surface area contributed by atoms with E-state index in [-0.39, 0.29) is 11.7 Å². The Morgan fingerprint density at radius 2 is 1.71 bits per heavy atom. The fraction of sp³-hybridized carbons (Fsp3) is 0.467. The van der Waals surface area contributed by atoms with Gasteiger partial charge < -0.3 is 29.1 Å². The van der Waals surface area contributed by atoms with Gasteiger partial charge in [0, 0.05) is 18.5 Å². The standard InChI is InChI=1S/C30H38N2O6/c1-4-18-37-24-10-8-23(9-11-24)28(33)26-27(22-6-12-25(13-7-22)38-21(2)3)32(30(35)29(26)34)15-5-14-31-16-19-36-20-17-31/h6-13,21,27,33H,4-5,14-20H2,1-3H3. The summed E-state index contributed by atoms with van der Waals surface area (Å²) in [5.41, 5.74) is 1.06. The summed E-state index contributed by atoms with van der Waals surface area (Å²) in [6, 6.07) is 13.3. The highest BCUT2D eigenvalue weighted by molar-refractivity contribution is 6.46. The lowest BCUT2D eigenvalue weighted by Crippen LogP contribution is -3.14. The van der Waals surface area contributed by atoms with Gasteiger partial charge in [0.05, 0.1) is 38.5 Å². The van der Waals surface area contributed by atoms with Crippen molar-refractivity contribution >= 4 is 17.4 Å². The molecule has 2 aromatic carbocycles. The van der Waals surface area contributed by atoms with Gasteiger partial charge in [-0.2, -0.15) is 0 Å². The number of carbonyl (C=O) groups excluding carboxylic acids is 2. The van der Waals surface area contributed by atoms with Crippen LogP contribution in [0, 0.1) is 0 Å². The van der Waals surface area contributed by atoms with E-state index in [1.807, 2.05) is 45.0 Å². The maximum Gasteiger partial charge on any atom is 0.295 e. The van der Waals surface area contributed by atoms with Crippen LogP contribution >= 0.6 is 0 Å². The van der Waals surface area contributed by atoms with Crippen LogP contribution in [0.1, 0.15) is 50.8 Å². The molecule has 2 fully saturated rings. The normalized spacial score (nSPS) is 19.8. The second-order valence-corrected chi connectivity index (χ2v) is 10.0. The molecule has 1 unspecified atom stereocenters. The van der Waals surface area contributed by atoms with Crippen molar-refractivity contribution in [3.8, 4) is 11.5 Å². The Kier molecular flexibility index (Phi) is 9.42. The lowest BCUT2D eigenvalue weighted by Gasteiger charge is -2.29. The predicted molar refractivity (Wildman–Crippen MR) is 142 cm³/mol. The highest BCUT2D eigenvalue weighted by atomic mass is 16.5. The maximum absolute atomic E-state index is 13.7. The van der Waals surface area contributed by atoms with E-state index in [2.05, 4.69) is 0 Å². The quantitative estimate of drug-likeness (QED) is 0.275. The van der Waals surface area contributed by atoms with Crippen LogP contribution < -0.4 is 19.5 Å². The Balaban J connectivity index is 1.64. The number of likely N-dealkylation sites (tertiary alicyclic amines) is 1. The molecule has 204 valence electrons. The van der Waals surface area contributed by atoms with Crippen molar-refractivity contribution in [1.82, 2.24) is 4.90 Å². The molecule has 2 aliphatic heterocycles. The van der Waals surface area contributed by atoms with Crippen LogP contribution in [0.3, 0.4) is 0 Å². The van der Waals surface area contributed by atoms with Gasteiger partial charge in [0.2, 0.25) is 5.78 Å². The minimum Gasteiger partial charge on any atom is -0.872 e. The van der Waals surface area contributed by atoms with Crippen molar-refractivity contribution in [3.05, 3.63) is 65.2 Å². The number of hydrogen-bond donors (Lipinski definition) is 1. The second kappa shape index (κ2) is 12.9. The molecule has 0 bridgehead atoms. The molecule has 2 saturated heterocycles. The molecule has 0 saturated carbocycles. The number of hydrogen-bond acceptors (Lipinski definition) is 6. The minimum atomic E-state index is -0.744. The van der Waals surface area contributed by atoms with Crippen LogP contribution in [0.15, 0.2) is 54.1 Å². The van der Waals surface area contributed by atoms with Gasteiger partial charge >= 0.3 is 0 Å². The van der Waals surface area contributed by atoms with Crippen LogP contribution in [-0.2, 0) is 14.3 Å². The van der Waals surface area contributed by atoms with Crippen LogP contribution in [0.25, 0.3) is 5.76 Å². The first kappa shape index (κ1) is 27.7. The predicted octanol–water partition coefficient (Wildman–Crippen LogP) is 1.79. The number of Topliss-reactive ketones (excluding diaryl/α,β-unsaturated/α-hetero) is 1. The molecule has 1 amide bonds. The van der Waals surface area contributed by atoms with Crippen molar-refractivity contribution < 1.29 is 33.8 Å². The third kappa shape index (κ3) is 6.55. The summed E-state index contributed by atoms with van der Waals surface area (Å²) >= 11 is 0. The van der Waals surface area contributed by atoms with Gasteiger partial charge in [-0.05, 0) is 55.7 Å². The van der Waals surface area contributed by atoms with Gasteiger partial charge in [-0.3, -0.25) is 9.59 Å². The van der Waals surface area contributed by atoms with Crippen molar-refractivity contribution in [3.63, 3.8) is 0 Å². The number of morpholine rings is 1. The summed E-state index contributed by atoms with van der Waals surface area (Å²) in [6.45, 7) is 11.1. The number of amides is 1. The van der Waals surface area contributed by atoms with Crippen molar-refractivity contribution in [1.29, 1.82) is 0 Å². The first-order chi connectivity index (χ1) is 18.4. The van der Waals surface area contributed by atoms with E-state index in [1.165, 1.54) is 4.90 Å². The molecule has 38 heavy (non-hydrogen) atoms. The molecular formula is C30H38N2O6. The maximum atomic E-state index is 13.7. The number of nitrogens with one attached hydrogen (secondary N) is 1. The highest BCUT2D eigenvalue weighted by Crippen LogP contribution is 2.39. The van der Waals surface area contributed by atoms with Crippen molar-refractivity contribution in [2.45, 2.75) is 45.8 Å². The fourth-order valence-corrected chi connectivity index (χ4v) is 4.94. The molecule has 0 aliphatic carbocycles. The molecule has 8 heteroatoms. The topological polar surface area (TPSA) is 92.6 Å². The van der Waals surface area contributed by atoms with E-state index < -0.39 is 23.5 Å². The summed E-state index contributed by atoms with van der Waals surface area (Å²) in [4.78, 5) is 29.5. The van der Waals surface area contributed by atoms with E-state index in [0.29, 0.717) is 35.8 Å². The molecule has 0 radical (unpaired) electrons. The Hall–Kier alpha value is -3.36. The van der Waals surface area contributed by atoms with Crippen molar-refractivity contribution in [2.75, 3.05) is 46.0 Å². The van der Waals surface area contributed by atoms with Gasteiger partial charge in [-0.1, -0.05) is 36.9 Å². The zero-order valence-electron chi connectivity index (χ0n) is 22.5. The molecule has 0 aromatic heterocycles. The fourth-order valence-electron chi connectivity index (χ4n) is 4.94. The molecule has 1 atom stereocenters. The Morgan fingerprint density at radius 1 is 1.05 bits per heavy atom. The van der Waals surface area contributed by atoms with E-state index in [9.17, 15) is 14.7 Å². The number of ether oxygens (including phenoxy) is 3. The first-order valence-corrected chi connectivity index (χ1v) is 13.6. The number of ketones is 1. The minimum absolute atomic E-state index is 0.00604. The van der Waals surface area contributed by atoms with E-state index >= 15 is 0 Å². The first-order valence-electron chi connectivity index (χ1n) is 13.6. The number of quaternary nitrogens is 1. The molecule has 2 heterocycles. The number of nitrogens with zero attached hydrogens (tertiary/aromatic N) is 1. The molecule has 1 N–H and O–H groups in total. The monoisotopic (exact) mass is 522 g/mol. The van der Waals surface area contributed by atoms with E-state index in [0.717, 1.165) is 45.7 Å². The molecule has 0 spiro atoms. The third-order valence-corrected chi connectivity index (χ3v) is 6.82. The molecule has 4 rings (SSSR count). The second-order valence-electron chi connectivity index (χ2n) is 10.0. The van der Waals surface area contributed by atoms with Gasteiger partial charge in [0.1, 0.15) is 24.6 Å². The number of benzene rings is 2. The summed E-state index contributed by atoms with van der Waals surface area (Å²) in [7, 11) is 0. The average Bonchev–Trinajstić information content (AvgIpc) is 3.17. The van der Waals surface area contributed by atoms with Gasteiger partial charge in [-0.25, -0.2) is 0 Å². The third-order valence-electron chi connectivity index (χ3n) is 6.82. The molecule has 2 aliphatic rings. The Morgan fingerprint density at radius 3 is 2.34 bits per heavy atom. The van der Waals surface area contributed by atoms with Gasteiger partial charge in [0.25, 0.3) is 5.91 Å². The van der Waals surface area contributed by atoms with Gasteiger partial charge in [-0.15, -0.1) is 0 Å². The largest absolute Gasteiger partial charge is 0.872 e. The smallest absolute Gasteiger partial charge is 0.295 e. The zero-order valence-corrected chi connectivity index (χ0v) is 22.5. The summed E-state index contributed by atoms with van der Waals surface area (Å²) < 4.78 is 16.8. The summed E-state index contributed by atoms with van der Waals surface area (Å²) in [5.74, 6) is -0.434. The van der Waals surface area contributed by atoms with Crippen LogP contribution in [0.4, 0.5) is 0 Å². The molecule has 2 aromatic rings. The molecule has 8 nitrogen and oxygen atoms in total. The van der Waals surface area contributed by atoms with Crippen LogP contribution in [0.2, 0.25) is 0 Å². The Bertz CT molecular complexity index is 1120. The van der Waals surface area contributed by atoms with Crippen molar-refractivity contribution in [2.24, 2.45) is 0 Å². The highest BCUT2D eigenvalue weighted by Gasteiger charge is 2.44. The van der Waals surface area contributed by atoms with Crippen LogP contribution in [0.5, 0.6) is 11.5 Å². The Labute approximate surface area is 224 Å². The SMILES string of the molecule is CCCOc1ccc(C([O-])=C2C(=O)C(=O)N(CCC[NH+]3CCOCC3)C2c2ccc(OC(C)C)cc2)cc1. The lowest BCUT2D eigenvalue weighted by atomic mass is 9.95. The van der Waals surface area contributed by atoms with E-state index in [4.69, 9.17) is 14.2 Å². The average molecular weight is 523 g/mol. The molecular weight excluding hydrogens is 484 g/mol. The summed E-state index contributed by atoms with van der Waals surface area (Å²) in [6.07, 6.45) is 1.62. The van der Waals surface area contributed by atoms with Crippen LogP contribution in [-0.4, -0.2) is 68.7 Å². The summed E-state index contributed by atoms with van der Waals surface area (Å²) in [5, 5.41) is 13.7. The number of rotatable bonds is 11. The number of carbonyl (C=O) groups is 2. The van der Waals surface area contributed by atoms with Gasteiger partial charge in [0.15, 0.2) is 0 Å². The lowest BCUT2D eigenvalue weighted by molar-refractivity contribution is -0.908.